The van der Waals surface area contributed by atoms with E-state index in [0.717, 1.165) is 31.6 Å². The summed E-state index contributed by atoms with van der Waals surface area (Å²) in [5.41, 5.74) is 6.24. The maximum Gasteiger partial charge on any atom is 0.267 e. The topological polar surface area (TPSA) is 72.1 Å². The van der Waals surface area contributed by atoms with Crippen molar-refractivity contribution in [3.8, 4) is 0 Å². The van der Waals surface area contributed by atoms with Crippen molar-refractivity contribution < 1.29 is 4.79 Å². The summed E-state index contributed by atoms with van der Waals surface area (Å²) in [5, 5.41) is 0. The van der Waals surface area contributed by atoms with Gasteiger partial charge in [-0.15, -0.1) is 11.3 Å². The zero-order valence-electron chi connectivity index (χ0n) is 13.8. The molecule has 2 aromatic heterocycles. The summed E-state index contributed by atoms with van der Waals surface area (Å²) in [4.78, 5) is 25.7. The smallest absolute Gasteiger partial charge is 0.267 e. The number of nitrogens with zero attached hydrogens (tertiary/aromatic N) is 3. The molecule has 2 aromatic rings. The molecule has 3 rings (SSSR count). The average Bonchev–Trinajstić information content (AvgIpc) is 3.06. The summed E-state index contributed by atoms with van der Waals surface area (Å²) < 4.78 is 0. The Morgan fingerprint density at radius 2 is 2.17 bits per heavy atom. The third-order valence-corrected chi connectivity index (χ3v) is 5.51. The normalized spacial score (nSPS) is 21.7. The lowest BCUT2D eigenvalue weighted by Crippen LogP contribution is -2.40. The van der Waals surface area contributed by atoms with Crippen LogP contribution in [0.5, 0.6) is 0 Å². The minimum Gasteiger partial charge on any atom is -0.364 e. The van der Waals surface area contributed by atoms with Crippen molar-refractivity contribution in [3.63, 3.8) is 0 Å². The molecule has 0 aromatic carbocycles. The van der Waals surface area contributed by atoms with Crippen molar-refractivity contribution in [1.29, 1.82) is 0 Å². The van der Waals surface area contributed by atoms with E-state index < -0.39 is 5.91 Å². The van der Waals surface area contributed by atoms with Crippen LogP contribution in [-0.2, 0) is 12.1 Å². The number of likely N-dealkylation sites (tertiary alicyclic amines) is 1. The van der Waals surface area contributed by atoms with Gasteiger partial charge in [0, 0.05) is 22.0 Å². The number of nitrogens with two attached hydrogens (primary N) is 1. The molecule has 1 atom stereocenters. The molecule has 2 N–H and O–H groups in total. The van der Waals surface area contributed by atoms with Crippen molar-refractivity contribution in [2.75, 3.05) is 6.54 Å². The van der Waals surface area contributed by atoms with Gasteiger partial charge in [0.25, 0.3) is 5.91 Å². The average molecular weight is 330 g/mol. The fraction of sp³-hybridized carbons (Fsp3) is 0.471. The van der Waals surface area contributed by atoms with Gasteiger partial charge in [0.15, 0.2) is 0 Å². The van der Waals surface area contributed by atoms with E-state index in [1.807, 2.05) is 18.3 Å². The van der Waals surface area contributed by atoms with Gasteiger partial charge in [0.1, 0.15) is 11.5 Å². The van der Waals surface area contributed by atoms with Gasteiger partial charge in [-0.25, -0.2) is 9.97 Å². The van der Waals surface area contributed by atoms with Crippen LogP contribution < -0.4 is 5.73 Å². The molecule has 1 unspecified atom stereocenters. The SMILES string of the molecule is Cc1cc(C(N)=O)nc(C2(C)CCCN2Cc2ccc(C)s2)n1. The highest BCUT2D eigenvalue weighted by Gasteiger charge is 2.41. The third kappa shape index (κ3) is 3.14. The summed E-state index contributed by atoms with van der Waals surface area (Å²) in [5.74, 6) is 0.204. The minimum atomic E-state index is -0.501. The van der Waals surface area contributed by atoms with Crippen LogP contribution >= 0.6 is 11.3 Å². The van der Waals surface area contributed by atoms with Gasteiger partial charge in [-0.3, -0.25) is 9.69 Å². The molecule has 1 aliphatic rings. The number of hydrogen-bond acceptors (Lipinski definition) is 5. The van der Waals surface area contributed by atoms with Crippen molar-refractivity contribution in [2.45, 2.75) is 45.7 Å². The fourth-order valence-electron chi connectivity index (χ4n) is 3.22. The maximum absolute atomic E-state index is 11.5. The number of aromatic nitrogens is 2. The maximum atomic E-state index is 11.5. The Balaban J connectivity index is 1.94. The molecule has 5 nitrogen and oxygen atoms in total. The molecule has 0 spiro atoms. The van der Waals surface area contributed by atoms with Crippen LogP contribution in [0.3, 0.4) is 0 Å². The Labute approximate surface area is 140 Å². The van der Waals surface area contributed by atoms with E-state index in [4.69, 9.17) is 5.73 Å². The number of carbonyl (C=O) groups excluding carboxylic acids is 1. The second kappa shape index (κ2) is 6.02. The van der Waals surface area contributed by atoms with E-state index in [2.05, 4.69) is 40.8 Å². The van der Waals surface area contributed by atoms with Gasteiger partial charge in [-0.05, 0) is 58.4 Å². The number of hydrogen-bond donors (Lipinski definition) is 1. The first-order valence-corrected chi connectivity index (χ1v) is 8.66. The molecule has 0 bridgehead atoms. The van der Waals surface area contributed by atoms with E-state index in [0.29, 0.717) is 11.5 Å². The van der Waals surface area contributed by atoms with E-state index >= 15 is 0 Å². The van der Waals surface area contributed by atoms with Crippen molar-refractivity contribution in [2.24, 2.45) is 5.73 Å². The van der Waals surface area contributed by atoms with Crippen molar-refractivity contribution in [1.82, 2.24) is 14.9 Å². The quantitative estimate of drug-likeness (QED) is 0.935. The molecule has 23 heavy (non-hydrogen) atoms. The van der Waals surface area contributed by atoms with Crippen LogP contribution in [0.1, 0.15) is 51.5 Å². The molecule has 0 aliphatic carbocycles. The van der Waals surface area contributed by atoms with Gasteiger partial charge < -0.3 is 5.73 Å². The predicted molar refractivity (Wildman–Crippen MR) is 91.3 cm³/mol. The van der Waals surface area contributed by atoms with Gasteiger partial charge in [0.05, 0.1) is 5.54 Å². The number of amides is 1. The van der Waals surface area contributed by atoms with Crippen LogP contribution in [0.15, 0.2) is 18.2 Å². The zero-order chi connectivity index (χ0) is 16.6. The van der Waals surface area contributed by atoms with Gasteiger partial charge >= 0.3 is 0 Å². The van der Waals surface area contributed by atoms with Crippen LogP contribution in [-0.4, -0.2) is 27.3 Å². The Morgan fingerprint density at radius 1 is 1.39 bits per heavy atom. The lowest BCUT2D eigenvalue weighted by Gasteiger charge is -2.33. The van der Waals surface area contributed by atoms with E-state index in [9.17, 15) is 4.79 Å². The first-order chi connectivity index (χ1) is 10.9. The summed E-state index contributed by atoms with van der Waals surface area (Å²) in [6, 6.07) is 5.99. The highest BCUT2D eigenvalue weighted by Crippen LogP contribution is 2.38. The summed E-state index contributed by atoms with van der Waals surface area (Å²) in [7, 11) is 0. The standard InChI is InChI=1S/C17H22N4OS/c1-11-9-14(15(18)22)20-16(19-11)17(3)7-4-8-21(17)10-13-6-5-12(2)23-13/h5-6,9H,4,7-8,10H2,1-3H3,(H2,18,22). The van der Waals surface area contributed by atoms with Crippen LogP contribution in [0.4, 0.5) is 0 Å². The number of thiophene rings is 1. The summed E-state index contributed by atoms with van der Waals surface area (Å²) in [6.07, 6.45) is 2.09. The Bertz CT molecular complexity index is 742. The minimum absolute atomic E-state index is 0.256. The molecular weight excluding hydrogens is 308 g/mol. The molecule has 0 saturated carbocycles. The van der Waals surface area contributed by atoms with Crippen LogP contribution in [0.2, 0.25) is 0 Å². The summed E-state index contributed by atoms with van der Waals surface area (Å²) in [6.45, 7) is 8.07. The van der Waals surface area contributed by atoms with E-state index in [-0.39, 0.29) is 5.54 Å². The Hall–Kier alpha value is -1.79. The molecule has 1 saturated heterocycles. The van der Waals surface area contributed by atoms with Gasteiger partial charge in [-0.2, -0.15) is 0 Å². The molecule has 3 heterocycles. The largest absolute Gasteiger partial charge is 0.364 e. The highest BCUT2D eigenvalue weighted by atomic mass is 32.1. The van der Waals surface area contributed by atoms with Crippen LogP contribution in [0, 0.1) is 13.8 Å². The van der Waals surface area contributed by atoms with Crippen LogP contribution in [0.25, 0.3) is 0 Å². The molecule has 0 radical (unpaired) electrons. The molecule has 1 amide bonds. The lowest BCUT2D eigenvalue weighted by molar-refractivity contribution is 0.0991. The first kappa shape index (κ1) is 16.1. The number of aryl methyl sites for hydroxylation is 2. The first-order valence-electron chi connectivity index (χ1n) is 7.85. The van der Waals surface area contributed by atoms with Crippen molar-refractivity contribution >= 4 is 17.2 Å². The molecule has 1 aliphatic heterocycles. The van der Waals surface area contributed by atoms with E-state index in [1.54, 1.807) is 6.07 Å². The summed E-state index contributed by atoms with van der Waals surface area (Å²) >= 11 is 1.83. The number of carbonyl (C=O) groups is 1. The fourth-order valence-corrected chi connectivity index (χ4v) is 4.13. The zero-order valence-corrected chi connectivity index (χ0v) is 14.6. The molecule has 1 fully saturated rings. The van der Waals surface area contributed by atoms with Gasteiger partial charge in [-0.1, -0.05) is 0 Å². The number of rotatable bonds is 4. The predicted octanol–water partition coefficient (Wildman–Crippen LogP) is 2.77. The Kier molecular flexibility index (Phi) is 4.21. The molecule has 6 heteroatoms. The van der Waals surface area contributed by atoms with Crippen molar-refractivity contribution in [3.05, 3.63) is 45.2 Å². The number of primary amides is 1. The monoisotopic (exact) mass is 330 g/mol. The molecular formula is C17H22N4OS. The lowest BCUT2D eigenvalue weighted by atomic mass is 9.97. The second-order valence-electron chi connectivity index (χ2n) is 6.39. The van der Waals surface area contributed by atoms with Gasteiger partial charge in [0.2, 0.25) is 0 Å². The third-order valence-electron chi connectivity index (χ3n) is 4.52. The van der Waals surface area contributed by atoms with E-state index in [1.165, 1.54) is 9.75 Å². The Morgan fingerprint density at radius 3 is 2.83 bits per heavy atom. The highest BCUT2D eigenvalue weighted by molar-refractivity contribution is 7.11. The molecule has 122 valence electrons. The second-order valence-corrected chi connectivity index (χ2v) is 7.77.